The molecule has 0 aliphatic carbocycles. The number of aliphatic carboxylic acids is 1. The maximum Gasteiger partial charge on any atom is 0.308 e. The Bertz CT molecular complexity index is 1320. The maximum atomic E-state index is 13.6. The molecule has 0 saturated carbocycles. The van der Waals surface area contributed by atoms with Gasteiger partial charge in [0.05, 0.1) is 18.4 Å². The number of aromatic hydroxyl groups is 3. The van der Waals surface area contributed by atoms with E-state index in [0.29, 0.717) is 5.56 Å². The number of carbonyl (C=O) groups excluding carboxylic acids is 2. The average Bonchev–Trinajstić information content (AvgIpc) is 2.88. The van der Waals surface area contributed by atoms with Crippen LogP contribution in [0.5, 0.6) is 23.0 Å². The van der Waals surface area contributed by atoms with Gasteiger partial charge < -0.3 is 59.8 Å². The van der Waals surface area contributed by atoms with E-state index in [1.807, 2.05) is 0 Å². The van der Waals surface area contributed by atoms with Gasteiger partial charge in [-0.05, 0) is 24.6 Å². The highest BCUT2D eigenvalue weighted by Gasteiger charge is 2.49. The Hall–Kier alpha value is -3.99. The molecular weight excluding hydrogens is 564 g/mol. The molecule has 15 nitrogen and oxygen atoms in total. The van der Waals surface area contributed by atoms with Gasteiger partial charge in [0.1, 0.15) is 59.6 Å². The second-order valence-electron chi connectivity index (χ2n) is 10.3. The Labute approximate surface area is 237 Å². The lowest BCUT2D eigenvalue weighted by Crippen LogP contribution is -2.60. The minimum Gasteiger partial charge on any atom is -0.508 e. The van der Waals surface area contributed by atoms with Gasteiger partial charge in [-0.2, -0.15) is 0 Å². The van der Waals surface area contributed by atoms with Crippen molar-refractivity contribution in [1.29, 1.82) is 0 Å². The predicted molar refractivity (Wildman–Crippen MR) is 136 cm³/mol. The summed E-state index contributed by atoms with van der Waals surface area (Å²) < 4.78 is 22.2. The molecular formula is C27H30O15. The van der Waals surface area contributed by atoms with Crippen molar-refractivity contribution >= 4 is 17.7 Å². The van der Waals surface area contributed by atoms with Crippen LogP contribution in [0.25, 0.3) is 0 Å². The summed E-state index contributed by atoms with van der Waals surface area (Å²) in [5.41, 5.74) is -1.98. The summed E-state index contributed by atoms with van der Waals surface area (Å²) in [6, 6.07) is 7.44. The van der Waals surface area contributed by atoms with Gasteiger partial charge >= 0.3 is 11.9 Å². The number of aliphatic hydroxyl groups is 4. The van der Waals surface area contributed by atoms with Gasteiger partial charge in [-0.25, -0.2) is 0 Å². The Kier molecular flexibility index (Phi) is 8.91. The van der Waals surface area contributed by atoms with E-state index in [-0.39, 0.29) is 17.1 Å². The fourth-order valence-electron chi connectivity index (χ4n) is 4.68. The molecule has 2 heterocycles. The number of phenols is 3. The molecule has 8 atom stereocenters. The molecule has 1 fully saturated rings. The molecule has 0 radical (unpaired) electrons. The SMILES string of the molecule is CC(O)(CC(=O)O)CC(=O)OCC1OC(OC2C(=O)c3c(O)cc(O)cc3OC2c2ccc(O)cc2)C(O)C(O)C1O. The first-order valence-electron chi connectivity index (χ1n) is 12.7. The van der Waals surface area contributed by atoms with Gasteiger partial charge in [0.2, 0.25) is 5.78 Å². The van der Waals surface area contributed by atoms with E-state index in [9.17, 15) is 50.1 Å². The van der Waals surface area contributed by atoms with Crippen molar-refractivity contribution in [3.63, 3.8) is 0 Å². The molecule has 2 aliphatic heterocycles. The summed E-state index contributed by atoms with van der Waals surface area (Å²) in [4.78, 5) is 36.6. The lowest BCUT2D eigenvalue weighted by molar-refractivity contribution is -0.312. The summed E-state index contributed by atoms with van der Waals surface area (Å²) >= 11 is 0. The van der Waals surface area contributed by atoms with Crippen LogP contribution in [0.15, 0.2) is 36.4 Å². The third kappa shape index (κ3) is 6.73. The molecule has 4 rings (SSSR count). The van der Waals surface area contributed by atoms with Crippen LogP contribution < -0.4 is 4.74 Å². The normalized spacial score (nSPS) is 28.7. The Morgan fingerprint density at radius 3 is 2.26 bits per heavy atom. The lowest BCUT2D eigenvalue weighted by atomic mass is 9.92. The summed E-state index contributed by atoms with van der Waals surface area (Å²) in [6.45, 7) is 0.398. The van der Waals surface area contributed by atoms with Gasteiger partial charge in [0.15, 0.2) is 18.5 Å². The number of esters is 1. The fraction of sp³-hybridized carbons (Fsp3) is 0.444. The molecule has 0 bridgehead atoms. The summed E-state index contributed by atoms with van der Waals surface area (Å²) in [7, 11) is 0. The van der Waals surface area contributed by atoms with Crippen LogP contribution >= 0.6 is 0 Å². The van der Waals surface area contributed by atoms with Crippen molar-refractivity contribution in [3.8, 4) is 23.0 Å². The first-order valence-corrected chi connectivity index (χ1v) is 12.7. The number of carbonyl (C=O) groups is 3. The first-order chi connectivity index (χ1) is 19.7. The third-order valence-corrected chi connectivity index (χ3v) is 6.74. The number of hydrogen-bond donors (Lipinski definition) is 8. The topological polar surface area (TPSA) is 250 Å². The molecule has 0 amide bonds. The highest BCUT2D eigenvalue weighted by Crippen LogP contribution is 2.43. The number of carboxylic acids is 1. The number of Topliss-reactive ketones (excluding diaryl/α,β-unsaturated/α-hetero) is 1. The zero-order chi connectivity index (χ0) is 30.9. The van der Waals surface area contributed by atoms with Gasteiger partial charge in [-0.1, -0.05) is 12.1 Å². The average molecular weight is 595 g/mol. The van der Waals surface area contributed by atoms with Crippen LogP contribution in [0.1, 0.15) is 41.8 Å². The van der Waals surface area contributed by atoms with Gasteiger partial charge in [-0.3, -0.25) is 14.4 Å². The van der Waals surface area contributed by atoms with Crippen LogP contribution in [0.3, 0.4) is 0 Å². The van der Waals surface area contributed by atoms with Crippen LogP contribution in [-0.2, 0) is 23.8 Å². The predicted octanol–water partition coefficient (Wildman–Crippen LogP) is -0.528. The van der Waals surface area contributed by atoms with E-state index >= 15 is 0 Å². The van der Waals surface area contributed by atoms with Crippen molar-refractivity contribution < 1.29 is 74.2 Å². The van der Waals surface area contributed by atoms with Crippen LogP contribution in [-0.4, -0.2) is 108 Å². The number of hydrogen-bond acceptors (Lipinski definition) is 14. The minimum atomic E-state index is -1.93. The zero-order valence-corrected chi connectivity index (χ0v) is 22.1. The molecule has 2 aromatic carbocycles. The number of aliphatic hydroxyl groups excluding tert-OH is 3. The first kappa shape index (κ1) is 31.0. The standard InChI is InChI=1S/C27H30O15/c1-27(38,8-17(31)32)9-18(33)39-10-16-20(34)22(36)23(37)26(41-16)42-25-21(35)19-14(30)6-13(29)7-15(19)40-24(25)11-2-4-12(28)5-3-11/h2-7,16,20,22-26,28-30,34,36-38H,8-10H2,1H3,(H,31,32). The highest BCUT2D eigenvalue weighted by atomic mass is 16.7. The monoisotopic (exact) mass is 594 g/mol. The number of ketones is 1. The van der Waals surface area contributed by atoms with E-state index in [1.54, 1.807) is 0 Å². The largest absolute Gasteiger partial charge is 0.508 e. The summed E-state index contributed by atoms with van der Waals surface area (Å²) in [5.74, 6) is -4.56. The summed E-state index contributed by atoms with van der Waals surface area (Å²) in [5, 5.41) is 80.3. The van der Waals surface area contributed by atoms with Crippen molar-refractivity contribution in [2.24, 2.45) is 0 Å². The Morgan fingerprint density at radius 1 is 0.952 bits per heavy atom. The van der Waals surface area contributed by atoms with Gasteiger partial charge in [0, 0.05) is 12.1 Å². The second-order valence-corrected chi connectivity index (χ2v) is 10.3. The molecule has 2 aromatic rings. The molecule has 8 unspecified atom stereocenters. The molecule has 0 spiro atoms. The van der Waals surface area contributed by atoms with E-state index < -0.39 is 97.2 Å². The number of benzene rings is 2. The van der Waals surface area contributed by atoms with Gasteiger partial charge in [0.25, 0.3) is 0 Å². The van der Waals surface area contributed by atoms with Crippen molar-refractivity contribution in [2.45, 2.75) is 68.3 Å². The fourth-order valence-corrected chi connectivity index (χ4v) is 4.68. The Balaban J connectivity index is 1.55. The quantitative estimate of drug-likeness (QED) is 0.170. The molecule has 228 valence electrons. The Morgan fingerprint density at radius 2 is 1.62 bits per heavy atom. The van der Waals surface area contributed by atoms with Crippen molar-refractivity contribution in [2.75, 3.05) is 6.61 Å². The maximum absolute atomic E-state index is 13.6. The molecule has 1 saturated heterocycles. The number of ether oxygens (including phenoxy) is 4. The molecule has 42 heavy (non-hydrogen) atoms. The smallest absolute Gasteiger partial charge is 0.308 e. The third-order valence-electron chi connectivity index (χ3n) is 6.74. The van der Waals surface area contributed by atoms with Crippen LogP contribution in [0, 0.1) is 0 Å². The summed E-state index contributed by atoms with van der Waals surface area (Å²) in [6.07, 6.45) is -13.3. The number of phenolic OH excluding ortho intramolecular Hbond substituents is 3. The van der Waals surface area contributed by atoms with E-state index in [1.165, 1.54) is 24.3 Å². The highest BCUT2D eigenvalue weighted by molar-refractivity contribution is 6.05. The van der Waals surface area contributed by atoms with Crippen LogP contribution in [0.4, 0.5) is 0 Å². The second kappa shape index (κ2) is 12.1. The number of rotatable bonds is 9. The molecule has 2 aliphatic rings. The molecule has 0 aromatic heterocycles. The molecule has 8 N–H and O–H groups in total. The number of fused-ring (bicyclic) bond motifs is 1. The number of carboxylic acid groups (broad SMARTS) is 1. The zero-order valence-electron chi connectivity index (χ0n) is 22.1. The van der Waals surface area contributed by atoms with E-state index in [0.717, 1.165) is 19.1 Å². The van der Waals surface area contributed by atoms with Gasteiger partial charge in [-0.15, -0.1) is 0 Å². The van der Waals surface area contributed by atoms with Crippen molar-refractivity contribution in [3.05, 3.63) is 47.5 Å². The van der Waals surface area contributed by atoms with E-state index in [4.69, 9.17) is 24.1 Å². The van der Waals surface area contributed by atoms with Crippen LogP contribution in [0.2, 0.25) is 0 Å². The molecule has 15 heteroatoms. The van der Waals surface area contributed by atoms with E-state index in [2.05, 4.69) is 0 Å². The van der Waals surface area contributed by atoms with Crippen molar-refractivity contribution in [1.82, 2.24) is 0 Å². The minimum absolute atomic E-state index is 0.0981. The lowest BCUT2D eigenvalue weighted by Gasteiger charge is -2.42.